The van der Waals surface area contributed by atoms with E-state index >= 15 is 0 Å². The fourth-order valence-electron chi connectivity index (χ4n) is 1.68. The normalized spacial score (nSPS) is 10.2. The van der Waals surface area contributed by atoms with Crippen molar-refractivity contribution in [1.29, 1.82) is 0 Å². The van der Waals surface area contributed by atoms with Crippen LogP contribution >= 0.6 is 0 Å². The number of carboxylic acids is 1. The van der Waals surface area contributed by atoms with Crippen molar-refractivity contribution < 1.29 is 9.90 Å². The third-order valence-electron chi connectivity index (χ3n) is 2.51. The van der Waals surface area contributed by atoms with Gasteiger partial charge in [-0.1, -0.05) is 12.1 Å². The van der Waals surface area contributed by atoms with Crippen molar-refractivity contribution in [3.8, 4) is 0 Å². The van der Waals surface area contributed by atoms with Gasteiger partial charge in [-0.15, -0.1) is 0 Å². The minimum Gasteiger partial charge on any atom is -0.478 e. The number of carbonyl (C=O) groups is 1. The minimum atomic E-state index is -0.966. The van der Waals surface area contributed by atoms with Crippen molar-refractivity contribution in [3.05, 3.63) is 57.6 Å². The van der Waals surface area contributed by atoms with Gasteiger partial charge in [0.2, 0.25) is 0 Å². The average Bonchev–Trinajstić information content (AvgIpc) is 2.35. The zero-order valence-corrected chi connectivity index (χ0v) is 10.3. The van der Waals surface area contributed by atoms with Crippen molar-refractivity contribution in [2.45, 2.75) is 13.5 Å². The van der Waals surface area contributed by atoms with E-state index in [0.717, 1.165) is 5.56 Å². The molecule has 1 heterocycles. The quantitative estimate of drug-likeness (QED) is 0.771. The van der Waals surface area contributed by atoms with Crippen LogP contribution in [0.5, 0.6) is 0 Å². The van der Waals surface area contributed by atoms with Crippen LogP contribution in [0.15, 0.2) is 35.1 Å². The lowest BCUT2D eigenvalue weighted by atomic mass is 10.1. The molecule has 0 saturated carbocycles. The maximum absolute atomic E-state index is 11.3. The molecular weight excluding hydrogens is 246 g/mol. The topological polar surface area (TPSA) is 95.1 Å². The predicted octanol–water partition coefficient (Wildman–Crippen LogP) is 1.39. The summed E-state index contributed by atoms with van der Waals surface area (Å²) in [5.74, 6) is 0.0169. The molecule has 1 aromatic carbocycles. The summed E-state index contributed by atoms with van der Waals surface area (Å²) >= 11 is 0. The Hall–Kier alpha value is -2.63. The Labute approximate surface area is 109 Å². The number of hydrogen-bond donors (Lipinski definition) is 3. The lowest BCUT2D eigenvalue weighted by Gasteiger charge is -2.06. The first-order valence-electron chi connectivity index (χ1n) is 5.68. The highest BCUT2D eigenvalue weighted by atomic mass is 16.4. The summed E-state index contributed by atoms with van der Waals surface area (Å²) < 4.78 is 0. The number of anilines is 1. The number of aromatic nitrogens is 2. The molecule has 0 aliphatic rings. The third kappa shape index (κ3) is 3.41. The summed E-state index contributed by atoms with van der Waals surface area (Å²) in [6, 6.07) is 7.95. The van der Waals surface area contributed by atoms with Crippen LogP contribution in [-0.4, -0.2) is 21.0 Å². The van der Waals surface area contributed by atoms with E-state index in [1.165, 1.54) is 12.1 Å². The number of aromatic amines is 1. The van der Waals surface area contributed by atoms with Gasteiger partial charge in [-0.2, -0.15) is 0 Å². The van der Waals surface area contributed by atoms with Gasteiger partial charge in [-0.05, 0) is 24.6 Å². The van der Waals surface area contributed by atoms with Gasteiger partial charge < -0.3 is 15.4 Å². The molecule has 0 aliphatic heterocycles. The zero-order valence-electron chi connectivity index (χ0n) is 10.3. The van der Waals surface area contributed by atoms with Gasteiger partial charge in [-0.3, -0.25) is 4.79 Å². The van der Waals surface area contributed by atoms with E-state index in [9.17, 15) is 9.59 Å². The minimum absolute atomic E-state index is 0.228. The van der Waals surface area contributed by atoms with Gasteiger partial charge in [-0.25, -0.2) is 9.78 Å². The number of nitrogens with one attached hydrogen (secondary N) is 2. The molecule has 0 bridgehead atoms. The molecule has 0 spiro atoms. The number of H-pyrrole nitrogens is 1. The number of aromatic carboxylic acids is 1. The number of nitrogens with zero attached hydrogens (tertiary/aromatic N) is 1. The van der Waals surface area contributed by atoms with Crippen molar-refractivity contribution in [2.75, 3.05) is 5.32 Å². The molecule has 0 amide bonds. The Morgan fingerprint density at radius 2 is 2.21 bits per heavy atom. The molecule has 2 rings (SSSR count). The van der Waals surface area contributed by atoms with Gasteiger partial charge in [0.15, 0.2) is 0 Å². The van der Waals surface area contributed by atoms with Crippen molar-refractivity contribution in [3.63, 3.8) is 0 Å². The highest BCUT2D eigenvalue weighted by Crippen LogP contribution is 2.08. The molecule has 0 unspecified atom stereocenters. The predicted molar refractivity (Wildman–Crippen MR) is 70.3 cm³/mol. The first kappa shape index (κ1) is 12.8. The molecule has 0 fully saturated rings. The molecule has 0 radical (unpaired) electrons. The molecule has 19 heavy (non-hydrogen) atoms. The van der Waals surface area contributed by atoms with E-state index in [1.54, 1.807) is 25.1 Å². The number of benzene rings is 1. The van der Waals surface area contributed by atoms with Crippen molar-refractivity contribution in [1.82, 2.24) is 9.97 Å². The number of hydrogen-bond acceptors (Lipinski definition) is 4. The van der Waals surface area contributed by atoms with E-state index in [2.05, 4.69) is 15.3 Å². The Morgan fingerprint density at radius 3 is 2.89 bits per heavy atom. The molecule has 6 nitrogen and oxygen atoms in total. The summed E-state index contributed by atoms with van der Waals surface area (Å²) in [4.78, 5) is 28.8. The maximum Gasteiger partial charge on any atom is 0.335 e. The van der Waals surface area contributed by atoms with Crippen LogP contribution in [0, 0.1) is 6.92 Å². The Morgan fingerprint density at radius 1 is 1.42 bits per heavy atom. The van der Waals surface area contributed by atoms with Gasteiger partial charge in [0.05, 0.1) is 5.56 Å². The second kappa shape index (κ2) is 5.34. The summed E-state index contributed by atoms with van der Waals surface area (Å²) in [5.41, 5.74) is 0.809. The first-order valence-corrected chi connectivity index (χ1v) is 5.68. The van der Waals surface area contributed by atoms with E-state index in [0.29, 0.717) is 18.2 Å². The molecule has 98 valence electrons. The van der Waals surface area contributed by atoms with Crippen LogP contribution in [0.25, 0.3) is 0 Å². The number of aryl methyl sites for hydroxylation is 1. The highest BCUT2D eigenvalue weighted by molar-refractivity contribution is 5.87. The molecule has 1 aromatic heterocycles. The largest absolute Gasteiger partial charge is 0.478 e. The highest BCUT2D eigenvalue weighted by Gasteiger charge is 2.03. The zero-order chi connectivity index (χ0) is 13.8. The molecule has 0 atom stereocenters. The monoisotopic (exact) mass is 259 g/mol. The lowest BCUT2D eigenvalue weighted by Crippen LogP contribution is -2.12. The van der Waals surface area contributed by atoms with Crippen molar-refractivity contribution in [2.24, 2.45) is 0 Å². The van der Waals surface area contributed by atoms with Crippen LogP contribution in [0.2, 0.25) is 0 Å². The van der Waals surface area contributed by atoms with Crippen LogP contribution in [-0.2, 0) is 6.54 Å². The van der Waals surface area contributed by atoms with Crippen LogP contribution in [0.3, 0.4) is 0 Å². The fraction of sp³-hybridized carbons (Fsp3) is 0.154. The number of carboxylic acid groups (broad SMARTS) is 1. The Kier molecular flexibility index (Phi) is 3.61. The Bertz CT molecular complexity index is 664. The van der Waals surface area contributed by atoms with Crippen LogP contribution in [0.1, 0.15) is 21.7 Å². The third-order valence-corrected chi connectivity index (χ3v) is 2.51. The van der Waals surface area contributed by atoms with Crippen LogP contribution < -0.4 is 10.9 Å². The van der Waals surface area contributed by atoms with E-state index in [1.807, 2.05) is 0 Å². The summed E-state index contributed by atoms with van der Waals surface area (Å²) in [6.45, 7) is 2.09. The van der Waals surface area contributed by atoms with E-state index < -0.39 is 5.97 Å². The SMILES string of the molecule is Cc1nc(NCc2cccc(C(=O)O)c2)cc(=O)[nH]1. The van der Waals surface area contributed by atoms with E-state index in [4.69, 9.17) is 5.11 Å². The smallest absolute Gasteiger partial charge is 0.335 e. The first-order chi connectivity index (χ1) is 9.04. The summed E-state index contributed by atoms with van der Waals surface area (Å²) in [5, 5.41) is 11.9. The molecule has 0 saturated heterocycles. The standard InChI is InChI=1S/C13H13N3O3/c1-8-15-11(6-12(17)16-8)14-7-9-3-2-4-10(5-9)13(18)19/h2-6H,7H2,1H3,(H,18,19)(H2,14,15,16,17). The summed E-state index contributed by atoms with van der Waals surface area (Å²) in [6.07, 6.45) is 0. The maximum atomic E-state index is 11.3. The van der Waals surface area contributed by atoms with Crippen LogP contribution in [0.4, 0.5) is 5.82 Å². The lowest BCUT2D eigenvalue weighted by molar-refractivity contribution is 0.0697. The molecule has 3 N–H and O–H groups in total. The Balaban J connectivity index is 2.12. The number of rotatable bonds is 4. The molecular formula is C13H13N3O3. The molecule has 0 aliphatic carbocycles. The van der Waals surface area contributed by atoms with E-state index in [-0.39, 0.29) is 11.1 Å². The van der Waals surface area contributed by atoms with Gasteiger partial charge >= 0.3 is 5.97 Å². The second-order valence-corrected chi connectivity index (χ2v) is 4.08. The van der Waals surface area contributed by atoms with Gasteiger partial charge in [0.25, 0.3) is 5.56 Å². The average molecular weight is 259 g/mol. The van der Waals surface area contributed by atoms with Gasteiger partial charge in [0, 0.05) is 12.6 Å². The second-order valence-electron chi connectivity index (χ2n) is 4.08. The van der Waals surface area contributed by atoms with Gasteiger partial charge in [0.1, 0.15) is 11.6 Å². The fourth-order valence-corrected chi connectivity index (χ4v) is 1.68. The molecule has 6 heteroatoms. The summed E-state index contributed by atoms with van der Waals surface area (Å²) in [7, 11) is 0. The molecule has 2 aromatic rings. The van der Waals surface area contributed by atoms with Crippen molar-refractivity contribution >= 4 is 11.8 Å².